The van der Waals surface area contributed by atoms with Gasteiger partial charge < -0.3 is 23.7 Å². The fourth-order valence-electron chi connectivity index (χ4n) is 3.91. The van der Waals surface area contributed by atoms with Gasteiger partial charge in [0.25, 0.3) is 0 Å². The third kappa shape index (κ3) is 7.93. The van der Waals surface area contributed by atoms with Crippen molar-refractivity contribution >= 4 is 0 Å². The van der Waals surface area contributed by atoms with Crippen LogP contribution in [0.15, 0.2) is 18.2 Å². The molecule has 8 heteroatoms. The van der Waals surface area contributed by atoms with Crippen molar-refractivity contribution in [3.05, 3.63) is 29.6 Å². The number of hydrogen-bond donors (Lipinski definition) is 0. The highest BCUT2D eigenvalue weighted by Gasteiger charge is 2.25. The Morgan fingerprint density at radius 1 is 0.903 bits per heavy atom. The smallest absolute Gasteiger partial charge is 0.387 e. The van der Waals surface area contributed by atoms with E-state index in [1.807, 2.05) is 0 Å². The van der Waals surface area contributed by atoms with Crippen molar-refractivity contribution < 1.29 is 36.9 Å². The van der Waals surface area contributed by atoms with Crippen molar-refractivity contribution in [2.75, 3.05) is 26.4 Å². The molecule has 5 nitrogen and oxygen atoms in total. The minimum absolute atomic E-state index is 0.0898. The predicted molar refractivity (Wildman–Crippen MR) is 108 cm³/mol. The lowest BCUT2D eigenvalue weighted by molar-refractivity contribution is -0.208. The van der Waals surface area contributed by atoms with Crippen molar-refractivity contribution in [3.63, 3.8) is 0 Å². The zero-order valence-corrected chi connectivity index (χ0v) is 18.1. The first-order valence-electron chi connectivity index (χ1n) is 11.3. The Bertz CT molecular complexity index is 644. The molecule has 0 atom stereocenters. The van der Waals surface area contributed by atoms with Crippen LogP contribution < -0.4 is 4.74 Å². The zero-order chi connectivity index (χ0) is 22.1. The average Bonchev–Trinajstić information content (AvgIpc) is 2.77. The molecule has 0 amide bonds. The van der Waals surface area contributed by atoms with Crippen LogP contribution in [-0.4, -0.2) is 39.3 Å². The van der Waals surface area contributed by atoms with Crippen LogP contribution in [0.1, 0.15) is 63.7 Å². The Morgan fingerprint density at radius 3 is 2.13 bits per heavy atom. The van der Waals surface area contributed by atoms with Crippen LogP contribution >= 0.6 is 0 Å². The normalized spacial score (nSPS) is 26.9. The highest BCUT2D eigenvalue weighted by atomic mass is 19.3. The Morgan fingerprint density at radius 2 is 1.52 bits per heavy atom. The topological polar surface area (TPSA) is 46.2 Å². The molecule has 1 aromatic rings. The summed E-state index contributed by atoms with van der Waals surface area (Å²) in [7, 11) is 0. The molecule has 0 radical (unpaired) electrons. The summed E-state index contributed by atoms with van der Waals surface area (Å²) >= 11 is 0. The molecule has 0 saturated carbocycles. The van der Waals surface area contributed by atoms with E-state index in [9.17, 15) is 13.2 Å². The minimum Gasteiger partial charge on any atom is -0.432 e. The molecule has 2 aliphatic rings. The largest absolute Gasteiger partial charge is 0.432 e. The number of ether oxygens (including phenoxy) is 5. The monoisotopic (exact) mass is 446 g/mol. The lowest BCUT2D eigenvalue weighted by Crippen LogP contribution is -2.32. The van der Waals surface area contributed by atoms with E-state index >= 15 is 0 Å². The summed E-state index contributed by atoms with van der Waals surface area (Å²) in [6.07, 6.45) is 6.71. The van der Waals surface area contributed by atoms with Crippen LogP contribution in [0.5, 0.6) is 5.75 Å². The van der Waals surface area contributed by atoms with Gasteiger partial charge in [-0.25, -0.2) is 4.39 Å². The molecule has 1 aromatic carbocycles. The Hall–Kier alpha value is -1.35. The molecule has 2 aliphatic heterocycles. The standard InChI is InChI=1S/C23H33F3O5/c1-2-3-6-16-12-27-21(28-13-16)8-5-4-7-17-14-29-22(30-15-17)18-9-10-20(19(24)11-18)31-23(25)26/h9-11,16-17,21-23H,2-8,12-15H2,1H3/t16-,17-,21-,22-. The van der Waals surface area contributed by atoms with Gasteiger partial charge in [-0.1, -0.05) is 32.3 Å². The molecular weight excluding hydrogens is 413 g/mol. The fourth-order valence-corrected chi connectivity index (χ4v) is 3.91. The summed E-state index contributed by atoms with van der Waals surface area (Å²) in [5, 5.41) is 0. The molecule has 0 unspecified atom stereocenters. The maximum absolute atomic E-state index is 13.9. The van der Waals surface area contributed by atoms with Crippen molar-refractivity contribution in [3.8, 4) is 5.75 Å². The van der Waals surface area contributed by atoms with Gasteiger partial charge in [0.2, 0.25) is 0 Å². The maximum atomic E-state index is 13.9. The third-order valence-corrected chi connectivity index (χ3v) is 5.71. The molecule has 0 spiro atoms. The summed E-state index contributed by atoms with van der Waals surface area (Å²) in [5.74, 6) is -0.554. The van der Waals surface area contributed by atoms with E-state index in [1.54, 1.807) is 0 Å². The van der Waals surface area contributed by atoms with Gasteiger partial charge in [0.05, 0.1) is 26.4 Å². The molecule has 0 N–H and O–H groups in total. The van der Waals surface area contributed by atoms with E-state index in [-0.39, 0.29) is 12.2 Å². The first-order chi connectivity index (χ1) is 15.0. The molecule has 2 saturated heterocycles. The van der Waals surface area contributed by atoms with Crippen molar-refractivity contribution in [1.29, 1.82) is 0 Å². The second-order valence-electron chi connectivity index (χ2n) is 8.32. The third-order valence-electron chi connectivity index (χ3n) is 5.71. The molecule has 2 fully saturated rings. The second kappa shape index (κ2) is 12.6. The van der Waals surface area contributed by atoms with E-state index in [4.69, 9.17) is 18.9 Å². The first-order valence-corrected chi connectivity index (χ1v) is 11.3. The lowest BCUT2D eigenvalue weighted by Gasteiger charge is -2.30. The highest BCUT2D eigenvalue weighted by Crippen LogP contribution is 2.30. The molecule has 3 rings (SSSR count). The quantitative estimate of drug-likeness (QED) is 0.400. The molecule has 0 aromatic heterocycles. The summed E-state index contributed by atoms with van der Waals surface area (Å²) in [5.41, 5.74) is 0.446. The number of unbranched alkanes of at least 4 members (excludes halogenated alkanes) is 2. The second-order valence-corrected chi connectivity index (χ2v) is 8.32. The van der Waals surface area contributed by atoms with Crippen molar-refractivity contribution in [2.24, 2.45) is 11.8 Å². The zero-order valence-electron chi connectivity index (χ0n) is 18.1. The van der Waals surface area contributed by atoms with Crippen LogP contribution in [0, 0.1) is 17.7 Å². The van der Waals surface area contributed by atoms with Crippen LogP contribution in [0.4, 0.5) is 13.2 Å². The van der Waals surface area contributed by atoms with Crippen LogP contribution in [0.25, 0.3) is 0 Å². The number of benzene rings is 1. The van der Waals surface area contributed by atoms with E-state index in [0.717, 1.165) is 51.0 Å². The summed E-state index contributed by atoms with van der Waals surface area (Å²) in [6, 6.07) is 3.75. The highest BCUT2D eigenvalue weighted by molar-refractivity contribution is 5.30. The lowest BCUT2D eigenvalue weighted by atomic mass is 10.0. The van der Waals surface area contributed by atoms with E-state index in [2.05, 4.69) is 11.7 Å². The molecule has 176 valence electrons. The Kier molecular flexibility index (Phi) is 9.90. The predicted octanol–water partition coefficient (Wildman–Crippen LogP) is 5.83. The van der Waals surface area contributed by atoms with Gasteiger partial charge in [-0.15, -0.1) is 0 Å². The van der Waals surface area contributed by atoms with E-state index < -0.39 is 24.5 Å². The van der Waals surface area contributed by atoms with Gasteiger partial charge in [0.15, 0.2) is 24.1 Å². The van der Waals surface area contributed by atoms with Crippen LogP contribution in [-0.2, 0) is 18.9 Å². The summed E-state index contributed by atoms with van der Waals surface area (Å²) < 4.78 is 65.6. The number of rotatable bonds is 11. The number of alkyl halides is 2. The van der Waals surface area contributed by atoms with Gasteiger partial charge in [0, 0.05) is 17.4 Å². The first kappa shape index (κ1) is 24.3. The minimum atomic E-state index is -3.07. The number of hydrogen-bond acceptors (Lipinski definition) is 5. The van der Waals surface area contributed by atoms with E-state index in [0.29, 0.717) is 24.7 Å². The molecule has 2 heterocycles. The molecule has 31 heavy (non-hydrogen) atoms. The van der Waals surface area contributed by atoms with Crippen LogP contribution in [0.2, 0.25) is 0 Å². The fraction of sp³-hybridized carbons (Fsp3) is 0.739. The van der Waals surface area contributed by atoms with Gasteiger partial charge in [-0.3, -0.25) is 0 Å². The Balaban J connectivity index is 1.29. The molecule has 0 aliphatic carbocycles. The average molecular weight is 447 g/mol. The van der Waals surface area contributed by atoms with E-state index in [1.165, 1.54) is 25.3 Å². The SMILES string of the molecule is CCCC[C@H]1CO[C@H](CCCC[C@H]2CO[C@H](c3ccc(OC(F)F)c(F)c3)OC2)OC1. The van der Waals surface area contributed by atoms with Crippen molar-refractivity contribution in [1.82, 2.24) is 0 Å². The molecular formula is C23H33F3O5. The summed E-state index contributed by atoms with van der Waals surface area (Å²) in [4.78, 5) is 0. The van der Waals surface area contributed by atoms with Gasteiger partial charge in [-0.2, -0.15) is 8.78 Å². The number of halogens is 3. The Labute approximate surface area is 182 Å². The van der Waals surface area contributed by atoms with Crippen molar-refractivity contribution in [2.45, 2.75) is 71.1 Å². The molecule has 0 bridgehead atoms. The van der Waals surface area contributed by atoms with Crippen LogP contribution in [0.3, 0.4) is 0 Å². The van der Waals surface area contributed by atoms with Gasteiger partial charge >= 0.3 is 6.61 Å². The maximum Gasteiger partial charge on any atom is 0.387 e. The summed E-state index contributed by atoms with van der Waals surface area (Å²) in [6.45, 7) is 1.75. The van der Waals surface area contributed by atoms with Gasteiger partial charge in [0.1, 0.15) is 0 Å². The van der Waals surface area contributed by atoms with Gasteiger partial charge in [-0.05, 0) is 37.8 Å².